The van der Waals surface area contributed by atoms with Crippen molar-refractivity contribution in [2.75, 3.05) is 5.75 Å². The van der Waals surface area contributed by atoms with Gasteiger partial charge in [-0.1, -0.05) is 6.07 Å². The normalized spacial score (nSPS) is 16.1. The molecule has 0 saturated carbocycles. The zero-order chi connectivity index (χ0) is 13.2. The topological polar surface area (TPSA) is 38.9 Å². The van der Waals surface area contributed by atoms with E-state index in [1.807, 2.05) is 29.3 Å². The highest BCUT2D eigenvalue weighted by atomic mass is 32.2. The molecular formula is C15H18N2S2. The third kappa shape index (κ3) is 3.02. The number of pyridine rings is 1. The Bertz CT molecular complexity index is 537. The lowest BCUT2D eigenvalue weighted by Crippen LogP contribution is -2.12. The molecule has 0 amide bonds. The molecule has 1 atom stereocenters. The van der Waals surface area contributed by atoms with Crippen molar-refractivity contribution in [3.63, 3.8) is 0 Å². The standard InChI is InChI=1S/C15H18N2S2/c1-10-2-3-12(17-8-10)7-13(16)15-6-11-9-18-5-4-14(11)19-15/h2-3,6,8,13H,4-5,7,9,16H2,1H3. The van der Waals surface area contributed by atoms with Gasteiger partial charge >= 0.3 is 0 Å². The van der Waals surface area contributed by atoms with Crippen molar-refractivity contribution in [1.29, 1.82) is 0 Å². The lowest BCUT2D eigenvalue weighted by Gasteiger charge is -2.09. The molecule has 0 spiro atoms. The van der Waals surface area contributed by atoms with Gasteiger partial charge in [0.15, 0.2) is 0 Å². The molecule has 1 aliphatic heterocycles. The van der Waals surface area contributed by atoms with Crippen molar-refractivity contribution in [3.05, 3.63) is 51.0 Å². The molecule has 2 aromatic rings. The molecule has 2 N–H and O–H groups in total. The third-order valence-corrected chi connectivity index (χ3v) is 5.79. The first-order valence-electron chi connectivity index (χ1n) is 6.59. The second kappa shape index (κ2) is 5.65. The van der Waals surface area contributed by atoms with Crippen molar-refractivity contribution < 1.29 is 0 Å². The average Bonchev–Trinajstić information content (AvgIpc) is 2.85. The van der Waals surface area contributed by atoms with Crippen molar-refractivity contribution >= 4 is 23.1 Å². The van der Waals surface area contributed by atoms with Gasteiger partial charge < -0.3 is 5.73 Å². The smallest absolute Gasteiger partial charge is 0.0446 e. The molecule has 1 unspecified atom stereocenters. The molecule has 1 aliphatic rings. The summed E-state index contributed by atoms with van der Waals surface area (Å²) in [6, 6.07) is 6.57. The first kappa shape index (κ1) is 13.2. The molecule has 3 heterocycles. The zero-order valence-electron chi connectivity index (χ0n) is 11.1. The first-order valence-corrected chi connectivity index (χ1v) is 8.56. The number of rotatable bonds is 3. The van der Waals surface area contributed by atoms with E-state index in [0.717, 1.165) is 17.9 Å². The molecule has 0 fully saturated rings. The minimum atomic E-state index is 0.0795. The van der Waals surface area contributed by atoms with Crippen molar-refractivity contribution in [2.24, 2.45) is 5.73 Å². The number of nitrogens with two attached hydrogens (primary N) is 1. The van der Waals surface area contributed by atoms with Gasteiger partial charge in [0.05, 0.1) is 0 Å². The Hall–Kier alpha value is -0.840. The molecule has 0 radical (unpaired) electrons. The molecule has 0 aliphatic carbocycles. The summed E-state index contributed by atoms with van der Waals surface area (Å²) in [7, 11) is 0. The van der Waals surface area contributed by atoms with Gasteiger partial charge in [-0.25, -0.2) is 0 Å². The van der Waals surface area contributed by atoms with Gasteiger partial charge in [-0.05, 0) is 42.4 Å². The quantitative estimate of drug-likeness (QED) is 0.940. The van der Waals surface area contributed by atoms with Gasteiger partial charge in [0.25, 0.3) is 0 Å². The minimum Gasteiger partial charge on any atom is -0.323 e. The van der Waals surface area contributed by atoms with E-state index in [1.165, 1.54) is 28.2 Å². The van der Waals surface area contributed by atoms with E-state index in [2.05, 4.69) is 30.1 Å². The summed E-state index contributed by atoms with van der Waals surface area (Å²) in [5.74, 6) is 2.41. The molecule has 0 saturated heterocycles. The van der Waals surface area contributed by atoms with Crippen LogP contribution < -0.4 is 5.73 Å². The van der Waals surface area contributed by atoms with E-state index >= 15 is 0 Å². The molecule has 3 rings (SSSR count). The predicted molar refractivity (Wildman–Crippen MR) is 83.8 cm³/mol. The molecule has 0 aromatic carbocycles. The molecule has 2 nitrogen and oxygen atoms in total. The summed E-state index contributed by atoms with van der Waals surface area (Å²) >= 11 is 3.92. The Labute approximate surface area is 122 Å². The Kier molecular flexibility index (Phi) is 3.91. The second-order valence-electron chi connectivity index (χ2n) is 5.04. The monoisotopic (exact) mass is 290 g/mol. The molecule has 4 heteroatoms. The minimum absolute atomic E-state index is 0.0795. The molecule has 19 heavy (non-hydrogen) atoms. The maximum absolute atomic E-state index is 6.34. The zero-order valence-corrected chi connectivity index (χ0v) is 12.7. The third-order valence-electron chi connectivity index (χ3n) is 3.41. The van der Waals surface area contributed by atoms with Crippen LogP contribution in [0.5, 0.6) is 0 Å². The number of thiophene rings is 1. The average molecular weight is 290 g/mol. The van der Waals surface area contributed by atoms with Crippen LogP contribution in [-0.4, -0.2) is 10.7 Å². The van der Waals surface area contributed by atoms with Gasteiger partial charge in [0.2, 0.25) is 0 Å². The van der Waals surface area contributed by atoms with Gasteiger partial charge in [-0.3, -0.25) is 4.98 Å². The number of nitrogens with zero attached hydrogens (tertiary/aromatic N) is 1. The van der Waals surface area contributed by atoms with Gasteiger partial charge in [-0.15, -0.1) is 11.3 Å². The van der Waals surface area contributed by atoms with E-state index in [4.69, 9.17) is 5.73 Å². The van der Waals surface area contributed by atoms with Crippen LogP contribution in [0.4, 0.5) is 0 Å². The maximum Gasteiger partial charge on any atom is 0.0446 e. The lowest BCUT2D eigenvalue weighted by molar-refractivity contribution is 0.719. The van der Waals surface area contributed by atoms with Crippen molar-refractivity contribution in [1.82, 2.24) is 4.98 Å². The maximum atomic E-state index is 6.34. The lowest BCUT2D eigenvalue weighted by atomic mass is 10.1. The number of aryl methyl sites for hydroxylation is 2. The summed E-state index contributed by atoms with van der Waals surface area (Å²) in [6.45, 7) is 2.06. The Morgan fingerprint density at radius 2 is 2.32 bits per heavy atom. The summed E-state index contributed by atoms with van der Waals surface area (Å²) in [6.07, 6.45) is 3.95. The van der Waals surface area contributed by atoms with E-state index in [-0.39, 0.29) is 6.04 Å². The van der Waals surface area contributed by atoms with Crippen LogP contribution in [0.1, 0.15) is 32.6 Å². The van der Waals surface area contributed by atoms with Crippen LogP contribution in [0.15, 0.2) is 24.4 Å². The van der Waals surface area contributed by atoms with Crippen LogP contribution in [0.3, 0.4) is 0 Å². The van der Waals surface area contributed by atoms with Gasteiger partial charge in [0.1, 0.15) is 0 Å². The van der Waals surface area contributed by atoms with Crippen LogP contribution >= 0.6 is 23.1 Å². The largest absolute Gasteiger partial charge is 0.323 e. The van der Waals surface area contributed by atoms with E-state index in [0.29, 0.717) is 0 Å². The number of fused-ring (bicyclic) bond motifs is 1. The Balaban J connectivity index is 1.74. The van der Waals surface area contributed by atoms with Crippen LogP contribution in [0.25, 0.3) is 0 Å². The predicted octanol–water partition coefficient (Wildman–Crippen LogP) is 3.48. The summed E-state index contributed by atoms with van der Waals surface area (Å²) in [4.78, 5) is 7.30. The number of hydrogen-bond acceptors (Lipinski definition) is 4. The fourth-order valence-electron chi connectivity index (χ4n) is 2.30. The highest BCUT2D eigenvalue weighted by Crippen LogP contribution is 2.34. The summed E-state index contributed by atoms with van der Waals surface area (Å²) in [5, 5.41) is 0. The van der Waals surface area contributed by atoms with Crippen LogP contribution in [0.2, 0.25) is 0 Å². The van der Waals surface area contributed by atoms with E-state index in [9.17, 15) is 0 Å². The van der Waals surface area contributed by atoms with Gasteiger partial charge in [0, 0.05) is 39.9 Å². The highest BCUT2D eigenvalue weighted by molar-refractivity contribution is 7.98. The van der Waals surface area contributed by atoms with Crippen molar-refractivity contribution in [2.45, 2.75) is 31.6 Å². The fraction of sp³-hybridized carbons (Fsp3) is 0.400. The fourth-order valence-corrected chi connectivity index (χ4v) is 4.68. The summed E-state index contributed by atoms with van der Waals surface area (Å²) < 4.78 is 0. The highest BCUT2D eigenvalue weighted by Gasteiger charge is 2.17. The Morgan fingerprint density at radius 1 is 1.42 bits per heavy atom. The summed E-state index contributed by atoms with van der Waals surface area (Å²) in [5.41, 5.74) is 10.1. The van der Waals surface area contributed by atoms with Crippen LogP contribution in [0, 0.1) is 6.92 Å². The molecule has 100 valence electrons. The van der Waals surface area contributed by atoms with Gasteiger partial charge in [-0.2, -0.15) is 11.8 Å². The van der Waals surface area contributed by atoms with E-state index < -0.39 is 0 Å². The van der Waals surface area contributed by atoms with E-state index in [1.54, 1.807) is 4.88 Å². The van der Waals surface area contributed by atoms with Crippen molar-refractivity contribution in [3.8, 4) is 0 Å². The molecule has 0 bridgehead atoms. The van der Waals surface area contributed by atoms with Crippen LogP contribution in [-0.2, 0) is 18.6 Å². The number of hydrogen-bond donors (Lipinski definition) is 1. The first-order chi connectivity index (χ1) is 9.22. The molecular weight excluding hydrogens is 272 g/mol. The Morgan fingerprint density at radius 3 is 3.05 bits per heavy atom. The SMILES string of the molecule is Cc1ccc(CC(N)c2cc3c(s2)CCSC3)nc1. The number of aromatic nitrogens is 1. The second-order valence-corrected chi connectivity index (χ2v) is 7.31. The molecule has 2 aromatic heterocycles. The number of thioether (sulfide) groups is 1.